The maximum atomic E-state index is 12.2. The summed E-state index contributed by atoms with van der Waals surface area (Å²) in [6.07, 6.45) is 1.79. The Morgan fingerprint density at radius 1 is 1.08 bits per heavy atom. The summed E-state index contributed by atoms with van der Waals surface area (Å²) in [6.45, 7) is 4.33. The minimum absolute atomic E-state index is 0.185. The number of hydrogen-bond donors (Lipinski definition) is 0. The van der Waals surface area contributed by atoms with Gasteiger partial charge in [-0.3, -0.25) is 4.79 Å². The highest BCUT2D eigenvalue weighted by molar-refractivity contribution is 5.86. The van der Waals surface area contributed by atoms with Crippen molar-refractivity contribution in [1.82, 2.24) is 0 Å². The highest BCUT2D eigenvalue weighted by Gasteiger charge is 2.13. The average molecular weight is 324 g/mol. The van der Waals surface area contributed by atoms with Crippen LogP contribution in [0.3, 0.4) is 0 Å². The van der Waals surface area contributed by atoms with Crippen LogP contribution in [0.5, 0.6) is 5.75 Å². The zero-order chi connectivity index (χ0) is 17.1. The minimum atomic E-state index is -0.269. The minimum Gasteiger partial charge on any atom is -0.497 e. The number of hydrogen-bond acceptors (Lipinski definition) is 4. The third-order valence-corrected chi connectivity index (χ3v) is 4.09. The van der Waals surface area contributed by atoms with Gasteiger partial charge in [0.05, 0.1) is 19.8 Å². The number of fused-ring (bicyclic) bond motifs is 1. The van der Waals surface area contributed by atoms with Crippen molar-refractivity contribution in [3.8, 4) is 5.75 Å². The van der Waals surface area contributed by atoms with E-state index in [4.69, 9.17) is 13.9 Å². The van der Waals surface area contributed by atoms with Gasteiger partial charge in [-0.15, -0.1) is 0 Å². The van der Waals surface area contributed by atoms with Crippen molar-refractivity contribution in [3.63, 3.8) is 0 Å². The van der Waals surface area contributed by atoms with Gasteiger partial charge in [0.2, 0.25) is 0 Å². The number of benzene rings is 2. The third-order valence-electron chi connectivity index (χ3n) is 4.09. The van der Waals surface area contributed by atoms with Crippen LogP contribution in [-0.4, -0.2) is 13.1 Å². The molecule has 124 valence electrons. The van der Waals surface area contributed by atoms with Gasteiger partial charge in [0.1, 0.15) is 17.9 Å². The molecule has 3 rings (SSSR count). The lowest BCUT2D eigenvalue weighted by molar-refractivity contribution is -0.144. The Kier molecular flexibility index (Phi) is 4.56. The van der Waals surface area contributed by atoms with Gasteiger partial charge in [-0.2, -0.15) is 0 Å². The average Bonchev–Trinajstić information content (AvgIpc) is 2.97. The van der Waals surface area contributed by atoms with Crippen molar-refractivity contribution in [2.75, 3.05) is 7.11 Å². The molecule has 0 spiro atoms. The monoisotopic (exact) mass is 324 g/mol. The highest BCUT2D eigenvalue weighted by atomic mass is 16.5. The van der Waals surface area contributed by atoms with Crippen molar-refractivity contribution in [2.24, 2.45) is 0 Å². The number of ether oxygens (including phenoxy) is 2. The van der Waals surface area contributed by atoms with Gasteiger partial charge in [0, 0.05) is 17.0 Å². The Morgan fingerprint density at radius 2 is 1.92 bits per heavy atom. The molecule has 0 fully saturated rings. The number of carbonyl (C=O) groups is 1. The first-order chi connectivity index (χ1) is 11.6. The van der Waals surface area contributed by atoms with Crippen molar-refractivity contribution in [1.29, 1.82) is 0 Å². The highest BCUT2D eigenvalue weighted by Crippen LogP contribution is 2.26. The second kappa shape index (κ2) is 6.79. The van der Waals surface area contributed by atoms with E-state index < -0.39 is 0 Å². The van der Waals surface area contributed by atoms with Gasteiger partial charge in [-0.05, 0) is 37.1 Å². The maximum Gasteiger partial charge on any atom is 0.310 e. The topological polar surface area (TPSA) is 48.7 Å². The molecule has 0 aliphatic heterocycles. The van der Waals surface area contributed by atoms with Crippen molar-refractivity contribution in [3.05, 3.63) is 64.9 Å². The Morgan fingerprint density at radius 3 is 2.71 bits per heavy atom. The first kappa shape index (κ1) is 16.1. The third kappa shape index (κ3) is 3.43. The van der Waals surface area contributed by atoms with Crippen LogP contribution in [0, 0.1) is 13.8 Å². The summed E-state index contributed by atoms with van der Waals surface area (Å²) < 4.78 is 16.1. The van der Waals surface area contributed by atoms with E-state index in [0.29, 0.717) is 5.58 Å². The van der Waals surface area contributed by atoms with Crippen molar-refractivity contribution in [2.45, 2.75) is 26.9 Å². The lowest BCUT2D eigenvalue weighted by atomic mass is 10.1. The van der Waals surface area contributed by atoms with Gasteiger partial charge < -0.3 is 13.9 Å². The smallest absolute Gasteiger partial charge is 0.310 e. The van der Waals surface area contributed by atoms with Crippen molar-refractivity contribution < 1.29 is 18.7 Å². The quantitative estimate of drug-likeness (QED) is 0.655. The van der Waals surface area contributed by atoms with E-state index in [0.717, 1.165) is 33.4 Å². The normalized spacial score (nSPS) is 10.8. The summed E-state index contributed by atoms with van der Waals surface area (Å²) in [5.74, 6) is 0.454. The molecular formula is C20H20O4. The van der Waals surface area contributed by atoms with Crippen LogP contribution in [-0.2, 0) is 22.6 Å². The number of carbonyl (C=O) groups excluding carboxylic acids is 1. The molecule has 0 radical (unpaired) electrons. The standard InChI is InChI=1S/C20H20O4/c1-13-4-5-14(2)15(8-13)11-24-20(21)9-16-12-23-19-10-17(22-3)6-7-18(16)19/h4-8,10,12H,9,11H2,1-3H3. The number of furan rings is 1. The van der Waals surface area contributed by atoms with Gasteiger partial charge in [0.15, 0.2) is 0 Å². The summed E-state index contributed by atoms with van der Waals surface area (Å²) in [4.78, 5) is 12.2. The zero-order valence-corrected chi connectivity index (χ0v) is 14.1. The zero-order valence-electron chi connectivity index (χ0n) is 14.1. The molecule has 2 aromatic carbocycles. The molecule has 1 heterocycles. The Labute approximate surface area is 141 Å². The molecule has 0 bridgehead atoms. The summed E-state index contributed by atoms with van der Waals surface area (Å²) in [5.41, 5.74) is 4.83. The molecule has 3 aromatic rings. The van der Waals surface area contributed by atoms with Gasteiger partial charge in [0.25, 0.3) is 0 Å². The number of methoxy groups -OCH3 is 1. The number of aryl methyl sites for hydroxylation is 2. The summed E-state index contributed by atoms with van der Waals surface area (Å²) in [6, 6.07) is 11.7. The van der Waals surface area contributed by atoms with Gasteiger partial charge >= 0.3 is 5.97 Å². The van der Waals surface area contributed by atoms with Crippen LogP contribution < -0.4 is 4.74 Å². The van der Waals surface area contributed by atoms with Crippen molar-refractivity contribution >= 4 is 16.9 Å². The molecule has 0 aliphatic carbocycles. The molecule has 0 saturated carbocycles. The van der Waals surface area contributed by atoms with E-state index in [2.05, 4.69) is 0 Å². The fraction of sp³-hybridized carbons (Fsp3) is 0.250. The molecule has 0 aliphatic rings. The van der Waals surface area contributed by atoms with E-state index in [-0.39, 0.29) is 19.0 Å². The molecule has 4 heteroatoms. The maximum absolute atomic E-state index is 12.2. The fourth-order valence-corrected chi connectivity index (χ4v) is 2.65. The van der Waals surface area contributed by atoms with Crippen LogP contribution in [0.15, 0.2) is 47.1 Å². The lowest BCUT2D eigenvalue weighted by Crippen LogP contribution is -2.08. The summed E-state index contributed by atoms with van der Waals surface area (Å²) in [5, 5.41) is 0.902. The van der Waals surface area contributed by atoms with E-state index >= 15 is 0 Å². The molecule has 0 atom stereocenters. The lowest BCUT2D eigenvalue weighted by Gasteiger charge is -2.08. The van der Waals surface area contributed by atoms with Crippen LogP contribution in [0.1, 0.15) is 22.3 Å². The number of esters is 1. The summed E-state index contributed by atoms with van der Waals surface area (Å²) >= 11 is 0. The second-order valence-electron chi connectivity index (χ2n) is 5.89. The predicted molar refractivity (Wildman–Crippen MR) is 92.2 cm³/mol. The van der Waals surface area contributed by atoms with Gasteiger partial charge in [-0.1, -0.05) is 23.8 Å². The molecule has 0 N–H and O–H groups in total. The van der Waals surface area contributed by atoms with Gasteiger partial charge in [-0.25, -0.2) is 0 Å². The molecule has 0 unspecified atom stereocenters. The van der Waals surface area contributed by atoms with Crippen LogP contribution in [0.25, 0.3) is 11.0 Å². The summed E-state index contributed by atoms with van der Waals surface area (Å²) in [7, 11) is 1.61. The second-order valence-corrected chi connectivity index (χ2v) is 5.89. The van der Waals surface area contributed by atoms with Crippen LogP contribution in [0.4, 0.5) is 0 Å². The predicted octanol–water partition coefficient (Wildman–Crippen LogP) is 4.34. The van der Waals surface area contributed by atoms with E-state index in [1.807, 2.05) is 44.2 Å². The molecule has 0 amide bonds. The largest absolute Gasteiger partial charge is 0.497 e. The molecule has 4 nitrogen and oxygen atoms in total. The molecule has 0 saturated heterocycles. The van der Waals surface area contributed by atoms with E-state index in [9.17, 15) is 4.79 Å². The SMILES string of the molecule is COc1ccc2c(CC(=O)OCc3cc(C)ccc3C)coc2c1. The Balaban J connectivity index is 1.68. The Bertz CT molecular complexity index is 876. The molecular weight excluding hydrogens is 304 g/mol. The molecule has 24 heavy (non-hydrogen) atoms. The first-order valence-electron chi connectivity index (χ1n) is 7.82. The van der Waals surface area contributed by atoms with Crippen LogP contribution >= 0.6 is 0 Å². The van der Waals surface area contributed by atoms with Crippen LogP contribution in [0.2, 0.25) is 0 Å². The van der Waals surface area contributed by atoms with E-state index in [1.54, 1.807) is 19.4 Å². The fourth-order valence-electron chi connectivity index (χ4n) is 2.65. The Hall–Kier alpha value is -2.75. The first-order valence-corrected chi connectivity index (χ1v) is 7.82. The molecule has 1 aromatic heterocycles. The van der Waals surface area contributed by atoms with E-state index in [1.165, 1.54) is 0 Å². The number of rotatable bonds is 5.